The third kappa shape index (κ3) is 7.07. The van der Waals surface area contributed by atoms with Crippen molar-refractivity contribution in [3.63, 3.8) is 0 Å². The van der Waals surface area contributed by atoms with Gasteiger partial charge in [0.05, 0.1) is 17.5 Å². The minimum Gasteiger partial charge on any atom is -0.484 e. The molecule has 0 unspecified atom stereocenters. The molecule has 0 atom stereocenters. The zero-order valence-corrected chi connectivity index (χ0v) is 18.6. The molecule has 0 aliphatic heterocycles. The second-order valence-electron chi connectivity index (χ2n) is 9.10. The van der Waals surface area contributed by atoms with Gasteiger partial charge >= 0.3 is 5.97 Å². The van der Waals surface area contributed by atoms with E-state index in [0.29, 0.717) is 18.7 Å². The van der Waals surface area contributed by atoms with Crippen molar-refractivity contribution >= 4 is 22.9 Å². The van der Waals surface area contributed by atoms with E-state index in [1.54, 1.807) is 6.07 Å². The maximum absolute atomic E-state index is 12.0. The van der Waals surface area contributed by atoms with Crippen molar-refractivity contribution < 1.29 is 19.1 Å². The molecule has 1 aromatic heterocycles. The second-order valence-corrected chi connectivity index (χ2v) is 9.10. The van der Waals surface area contributed by atoms with E-state index in [1.165, 1.54) is 0 Å². The molecule has 1 heterocycles. The lowest BCUT2D eigenvalue weighted by Gasteiger charge is -2.20. The highest BCUT2D eigenvalue weighted by atomic mass is 16.6. The van der Waals surface area contributed by atoms with Crippen LogP contribution in [0.1, 0.15) is 60.7 Å². The third-order valence-corrected chi connectivity index (χ3v) is 3.97. The van der Waals surface area contributed by atoms with Crippen LogP contribution in [0.3, 0.4) is 0 Å². The first-order chi connectivity index (χ1) is 13.4. The number of nitrogens with one attached hydrogen (secondary N) is 1. The van der Waals surface area contributed by atoms with Crippen molar-refractivity contribution in [1.29, 1.82) is 0 Å². The summed E-state index contributed by atoms with van der Waals surface area (Å²) in [7, 11) is 0. The number of amides is 1. The molecule has 7 nitrogen and oxygen atoms in total. The Morgan fingerprint density at radius 3 is 2.41 bits per heavy atom. The van der Waals surface area contributed by atoms with Gasteiger partial charge in [0, 0.05) is 24.6 Å². The Hall–Kier alpha value is -2.57. The van der Waals surface area contributed by atoms with Crippen LogP contribution in [0, 0.1) is 0 Å². The minimum absolute atomic E-state index is 0.0471. The summed E-state index contributed by atoms with van der Waals surface area (Å²) < 4.78 is 13.1. The van der Waals surface area contributed by atoms with Crippen LogP contribution in [0.2, 0.25) is 0 Å². The largest absolute Gasteiger partial charge is 0.484 e. The van der Waals surface area contributed by atoms with E-state index in [-0.39, 0.29) is 30.4 Å². The number of nitrogens with zero attached hydrogens (tertiary/aromatic N) is 2. The molecular formula is C22H33N3O4. The summed E-state index contributed by atoms with van der Waals surface area (Å²) in [6.07, 6.45) is 0.776. The monoisotopic (exact) mass is 403 g/mol. The van der Waals surface area contributed by atoms with Gasteiger partial charge in [0.1, 0.15) is 17.2 Å². The Morgan fingerprint density at radius 1 is 1.14 bits per heavy atom. The molecule has 2 rings (SSSR count). The Bertz CT molecular complexity index is 873. The van der Waals surface area contributed by atoms with Crippen LogP contribution >= 0.6 is 0 Å². The summed E-state index contributed by atoms with van der Waals surface area (Å²) in [5.74, 6) is 1.03. The van der Waals surface area contributed by atoms with Gasteiger partial charge in [0.2, 0.25) is 0 Å². The molecule has 0 saturated heterocycles. The van der Waals surface area contributed by atoms with Gasteiger partial charge in [0.15, 0.2) is 6.61 Å². The van der Waals surface area contributed by atoms with E-state index in [1.807, 2.05) is 60.6 Å². The molecule has 1 N–H and O–H groups in total. The van der Waals surface area contributed by atoms with Gasteiger partial charge in [-0.2, -0.15) is 0 Å². The zero-order chi connectivity index (χ0) is 21.8. The van der Waals surface area contributed by atoms with Crippen molar-refractivity contribution in [1.82, 2.24) is 14.9 Å². The number of ether oxygens (including phenoxy) is 2. The van der Waals surface area contributed by atoms with Crippen molar-refractivity contribution in [2.45, 2.75) is 79.0 Å². The lowest BCUT2D eigenvalue weighted by Crippen LogP contribution is -2.43. The van der Waals surface area contributed by atoms with Crippen LogP contribution in [-0.4, -0.2) is 39.2 Å². The quantitative estimate of drug-likeness (QED) is 0.714. The summed E-state index contributed by atoms with van der Waals surface area (Å²) in [6.45, 7) is 14.0. The van der Waals surface area contributed by atoms with E-state index in [4.69, 9.17) is 9.47 Å². The second kappa shape index (κ2) is 8.84. The smallest absolute Gasteiger partial charge is 0.306 e. The Morgan fingerprint density at radius 2 is 1.83 bits per heavy atom. The highest BCUT2D eigenvalue weighted by Crippen LogP contribution is 2.23. The van der Waals surface area contributed by atoms with Crippen LogP contribution in [0.25, 0.3) is 11.0 Å². The normalized spacial score (nSPS) is 12.1. The van der Waals surface area contributed by atoms with E-state index in [0.717, 1.165) is 16.9 Å². The van der Waals surface area contributed by atoms with Crippen LogP contribution in [0.4, 0.5) is 0 Å². The summed E-state index contributed by atoms with van der Waals surface area (Å²) in [6, 6.07) is 5.56. The maximum Gasteiger partial charge on any atom is 0.306 e. The van der Waals surface area contributed by atoms with Crippen molar-refractivity contribution in [3.05, 3.63) is 24.0 Å². The van der Waals surface area contributed by atoms with Crippen molar-refractivity contribution in [2.75, 3.05) is 6.61 Å². The van der Waals surface area contributed by atoms with E-state index in [2.05, 4.69) is 14.9 Å². The van der Waals surface area contributed by atoms with E-state index < -0.39 is 5.60 Å². The van der Waals surface area contributed by atoms with Gasteiger partial charge in [-0.3, -0.25) is 9.59 Å². The first kappa shape index (κ1) is 22.7. The van der Waals surface area contributed by atoms with Crippen molar-refractivity contribution in [3.8, 4) is 5.75 Å². The van der Waals surface area contributed by atoms with Crippen LogP contribution in [-0.2, 0) is 27.3 Å². The molecule has 1 aromatic carbocycles. The highest BCUT2D eigenvalue weighted by Gasteiger charge is 2.18. The Balaban J connectivity index is 2.10. The predicted octanol–water partition coefficient (Wildman–Crippen LogP) is 3.62. The number of carbonyl (C=O) groups is 2. The minimum atomic E-state index is -0.493. The van der Waals surface area contributed by atoms with Gasteiger partial charge in [-0.15, -0.1) is 0 Å². The number of benzene rings is 1. The van der Waals surface area contributed by atoms with Gasteiger partial charge in [-0.05, 0) is 60.6 Å². The SMILES string of the molecule is CCn1c(CCC(=O)OC(C)(C)C)nc2ccc(OCC(=O)NC(C)(C)C)cc21. The zero-order valence-electron chi connectivity index (χ0n) is 18.6. The summed E-state index contributed by atoms with van der Waals surface area (Å²) >= 11 is 0. The fourth-order valence-corrected chi connectivity index (χ4v) is 3.00. The number of hydrogen-bond donors (Lipinski definition) is 1. The molecule has 0 radical (unpaired) electrons. The summed E-state index contributed by atoms with van der Waals surface area (Å²) in [5.41, 5.74) is 0.958. The molecule has 0 saturated carbocycles. The molecule has 0 bridgehead atoms. The number of rotatable bonds is 7. The van der Waals surface area contributed by atoms with Crippen LogP contribution in [0.15, 0.2) is 18.2 Å². The molecule has 0 spiro atoms. The molecule has 2 aromatic rings. The first-order valence-corrected chi connectivity index (χ1v) is 10.0. The Labute approximate surface area is 172 Å². The molecule has 7 heteroatoms. The predicted molar refractivity (Wildman–Crippen MR) is 113 cm³/mol. The van der Waals surface area contributed by atoms with Gasteiger partial charge in [0.25, 0.3) is 5.91 Å². The average Bonchev–Trinajstić information content (AvgIpc) is 2.91. The van der Waals surface area contributed by atoms with Crippen LogP contribution in [0.5, 0.6) is 5.75 Å². The molecule has 0 fully saturated rings. The van der Waals surface area contributed by atoms with Crippen LogP contribution < -0.4 is 10.1 Å². The number of aromatic nitrogens is 2. The number of fused-ring (bicyclic) bond motifs is 1. The van der Waals surface area contributed by atoms with Crippen molar-refractivity contribution in [2.24, 2.45) is 0 Å². The number of aryl methyl sites for hydroxylation is 2. The lowest BCUT2D eigenvalue weighted by molar-refractivity contribution is -0.154. The van der Waals surface area contributed by atoms with Gasteiger partial charge in [-0.1, -0.05) is 0 Å². The number of esters is 1. The molecule has 29 heavy (non-hydrogen) atoms. The highest BCUT2D eigenvalue weighted by molar-refractivity contribution is 5.80. The molecule has 0 aliphatic carbocycles. The first-order valence-electron chi connectivity index (χ1n) is 10.0. The molecule has 0 aliphatic rings. The standard InChI is InChI=1S/C22H33N3O4/c1-8-25-17-13-15(28-14-19(26)24-21(2,3)4)9-10-16(17)23-18(25)11-12-20(27)29-22(5,6)7/h9-10,13H,8,11-12,14H2,1-7H3,(H,24,26). The maximum atomic E-state index is 12.0. The average molecular weight is 404 g/mol. The number of carbonyl (C=O) groups excluding carboxylic acids is 2. The number of imidazole rings is 1. The lowest BCUT2D eigenvalue weighted by atomic mass is 10.1. The topological polar surface area (TPSA) is 82.5 Å². The molecule has 1 amide bonds. The third-order valence-electron chi connectivity index (χ3n) is 3.97. The molecule has 160 valence electrons. The fourth-order valence-electron chi connectivity index (χ4n) is 3.00. The van der Waals surface area contributed by atoms with Gasteiger partial charge < -0.3 is 19.4 Å². The summed E-state index contributed by atoms with van der Waals surface area (Å²) in [5, 5.41) is 2.87. The molecular weight excluding hydrogens is 370 g/mol. The van der Waals surface area contributed by atoms with Gasteiger partial charge in [-0.25, -0.2) is 4.98 Å². The number of hydrogen-bond acceptors (Lipinski definition) is 5. The Kier molecular flexibility index (Phi) is 6.93. The van der Waals surface area contributed by atoms with E-state index >= 15 is 0 Å². The fraction of sp³-hybridized carbons (Fsp3) is 0.591. The summed E-state index contributed by atoms with van der Waals surface area (Å²) in [4.78, 5) is 28.7. The van der Waals surface area contributed by atoms with E-state index in [9.17, 15) is 9.59 Å².